The first kappa shape index (κ1) is 21.1. The van der Waals surface area contributed by atoms with Crippen LogP contribution in [-0.4, -0.2) is 28.8 Å². The molecule has 1 saturated heterocycles. The fraction of sp³-hybridized carbons (Fsp3) is 0.304. The molecule has 152 valence electrons. The number of carbonyl (C=O) groups excluding carboxylic acids is 1. The van der Waals surface area contributed by atoms with Gasteiger partial charge in [-0.05, 0) is 75.2 Å². The third-order valence-corrected chi connectivity index (χ3v) is 5.26. The van der Waals surface area contributed by atoms with Gasteiger partial charge in [0.25, 0.3) is 5.91 Å². The number of hydrogen-bond donors (Lipinski definition) is 2. The molecule has 0 unspecified atom stereocenters. The molecule has 5 nitrogen and oxygen atoms in total. The van der Waals surface area contributed by atoms with Crippen LogP contribution in [0.15, 0.2) is 54.7 Å². The van der Waals surface area contributed by atoms with Crippen LogP contribution in [-0.2, 0) is 0 Å². The minimum atomic E-state index is -0.0966. The molecule has 1 aromatic heterocycles. The molecule has 1 aliphatic heterocycles. The van der Waals surface area contributed by atoms with Gasteiger partial charge in [0, 0.05) is 11.6 Å². The van der Waals surface area contributed by atoms with Crippen LogP contribution in [0.1, 0.15) is 45.9 Å². The Morgan fingerprint density at radius 3 is 2.38 bits per heavy atom. The number of hydrogen-bond acceptors (Lipinski definition) is 3. The van der Waals surface area contributed by atoms with Crippen LogP contribution in [0.3, 0.4) is 0 Å². The van der Waals surface area contributed by atoms with Crippen LogP contribution in [0, 0.1) is 13.8 Å². The SMILES string of the molecule is Cc1cc(C)cc(NC(=O)c2cnn(-c3ccccc3)c2C2CCNCC2)c1.[Cl-]. The van der Waals surface area contributed by atoms with E-state index in [1.165, 1.54) is 0 Å². The van der Waals surface area contributed by atoms with Crippen molar-refractivity contribution >= 4 is 11.6 Å². The number of benzene rings is 2. The van der Waals surface area contributed by atoms with Crippen LogP contribution < -0.4 is 23.0 Å². The highest BCUT2D eigenvalue weighted by molar-refractivity contribution is 6.05. The fourth-order valence-electron chi connectivity index (χ4n) is 4.04. The van der Waals surface area contributed by atoms with Gasteiger partial charge in [-0.2, -0.15) is 5.10 Å². The molecule has 2 heterocycles. The highest BCUT2D eigenvalue weighted by Gasteiger charge is 2.27. The van der Waals surface area contributed by atoms with Crippen molar-refractivity contribution < 1.29 is 17.2 Å². The van der Waals surface area contributed by atoms with E-state index in [1.54, 1.807) is 6.20 Å². The lowest BCUT2D eigenvalue weighted by Gasteiger charge is -2.24. The van der Waals surface area contributed by atoms with Gasteiger partial charge in [0.15, 0.2) is 0 Å². The first-order valence-corrected chi connectivity index (χ1v) is 9.85. The second kappa shape index (κ2) is 9.25. The number of nitrogens with one attached hydrogen (secondary N) is 2. The summed E-state index contributed by atoms with van der Waals surface area (Å²) in [4.78, 5) is 13.2. The van der Waals surface area contributed by atoms with Gasteiger partial charge < -0.3 is 23.0 Å². The van der Waals surface area contributed by atoms with Crippen molar-refractivity contribution in [3.05, 3.63) is 77.1 Å². The largest absolute Gasteiger partial charge is 1.00 e. The molecule has 0 bridgehead atoms. The van der Waals surface area contributed by atoms with E-state index in [-0.39, 0.29) is 18.3 Å². The second-order valence-corrected chi connectivity index (χ2v) is 7.55. The Bertz CT molecular complexity index is 958. The molecule has 1 amide bonds. The molecule has 3 aromatic rings. The number of anilines is 1. The summed E-state index contributed by atoms with van der Waals surface area (Å²) in [6.45, 7) is 6.00. The minimum Gasteiger partial charge on any atom is -1.00 e. The van der Waals surface area contributed by atoms with Crippen molar-refractivity contribution in [3.63, 3.8) is 0 Å². The fourth-order valence-corrected chi connectivity index (χ4v) is 4.04. The summed E-state index contributed by atoms with van der Waals surface area (Å²) in [5.74, 6) is 0.213. The van der Waals surface area contributed by atoms with Crippen LogP contribution >= 0.6 is 0 Å². The summed E-state index contributed by atoms with van der Waals surface area (Å²) in [6.07, 6.45) is 3.72. The summed E-state index contributed by atoms with van der Waals surface area (Å²) >= 11 is 0. The lowest BCUT2D eigenvalue weighted by Crippen LogP contribution is -3.00. The molecule has 0 radical (unpaired) electrons. The molecule has 1 aliphatic rings. The second-order valence-electron chi connectivity index (χ2n) is 7.55. The number of carbonyl (C=O) groups is 1. The number of piperidine rings is 1. The molecular formula is C23H26ClN4O-. The summed E-state index contributed by atoms with van der Waals surface area (Å²) in [5, 5.41) is 11.1. The Balaban J connectivity index is 0.00000240. The van der Waals surface area contributed by atoms with Crippen molar-refractivity contribution in [1.29, 1.82) is 0 Å². The van der Waals surface area contributed by atoms with Gasteiger partial charge in [-0.1, -0.05) is 24.3 Å². The topological polar surface area (TPSA) is 59.0 Å². The van der Waals surface area contributed by atoms with Crippen molar-refractivity contribution in [2.24, 2.45) is 0 Å². The number of aromatic nitrogens is 2. The highest BCUT2D eigenvalue weighted by atomic mass is 35.5. The summed E-state index contributed by atoms with van der Waals surface area (Å²) in [7, 11) is 0. The zero-order valence-electron chi connectivity index (χ0n) is 16.8. The summed E-state index contributed by atoms with van der Waals surface area (Å²) in [5.41, 5.74) is 5.75. The molecular weight excluding hydrogens is 384 g/mol. The normalized spacial score (nSPS) is 14.3. The van der Waals surface area contributed by atoms with Gasteiger partial charge in [-0.25, -0.2) is 4.68 Å². The number of para-hydroxylation sites is 1. The predicted molar refractivity (Wildman–Crippen MR) is 112 cm³/mol. The summed E-state index contributed by atoms with van der Waals surface area (Å²) in [6, 6.07) is 16.1. The smallest absolute Gasteiger partial charge is 0.259 e. The van der Waals surface area contributed by atoms with Crippen molar-refractivity contribution in [1.82, 2.24) is 15.1 Å². The maximum atomic E-state index is 13.2. The zero-order valence-corrected chi connectivity index (χ0v) is 17.5. The molecule has 2 aromatic carbocycles. The van der Waals surface area contributed by atoms with Crippen molar-refractivity contribution in [2.45, 2.75) is 32.6 Å². The quantitative estimate of drug-likeness (QED) is 0.681. The van der Waals surface area contributed by atoms with Crippen molar-refractivity contribution in [2.75, 3.05) is 18.4 Å². The molecule has 0 saturated carbocycles. The van der Waals surface area contributed by atoms with E-state index in [1.807, 2.05) is 61.0 Å². The molecule has 0 aliphatic carbocycles. The number of nitrogens with zero attached hydrogens (tertiary/aromatic N) is 2. The van der Waals surface area contributed by atoms with Gasteiger partial charge in [-0.15, -0.1) is 0 Å². The molecule has 0 atom stereocenters. The van der Waals surface area contributed by atoms with Gasteiger partial charge in [0.1, 0.15) is 0 Å². The number of rotatable bonds is 4. The van der Waals surface area contributed by atoms with Gasteiger partial charge in [-0.3, -0.25) is 4.79 Å². The Morgan fingerprint density at radius 2 is 1.72 bits per heavy atom. The average molecular weight is 410 g/mol. The lowest BCUT2D eigenvalue weighted by molar-refractivity contribution is -0.0000136. The van der Waals surface area contributed by atoms with E-state index in [0.29, 0.717) is 11.5 Å². The number of aryl methyl sites for hydroxylation is 2. The Kier molecular flexibility index (Phi) is 6.72. The van der Waals surface area contributed by atoms with Crippen molar-refractivity contribution in [3.8, 4) is 5.69 Å². The van der Waals surface area contributed by atoms with E-state index >= 15 is 0 Å². The van der Waals surface area contributed by atoms with Crippen LogP contribution in [0.5, 0.6) is 0 Å². The highest BCUT2D eigenvalue weighted by Crippen LogP contribution is 2.30. The standard InChI is InChI=1S/C23H26N4O.ClH/c1-16-12-17(2)14-19(13-16)26-23(28)21-15-25-27(20-6-4-3-5-7-20)22(21)18-8-10-24-11-9-18;/h3-7,12-15,18,24H,8-11H2,1-2H3,(H,26,28);1H/p-1. The first-order chi connectivity index (χ1) is 13.6. The lowest BCUT2D eigenvalue weighted by atomic mass is 9.91. The maximum absolute atomic E-state index is 13.2. The number of amides is 1. The molecule has 2 N–H and O–H groups in total. The van der Waals surface area contributed by atoms with E-state index in [9.17, 15) is 4.79 Å². The Labute approximate surface area is 177 Å². The van der Waals surface area contributed by atoms with Crippen LogP contribution in [0.2, 0.25) is 0 Å². The molecule has 6 heteroatoms. The Morgan fingerprint density at radius 1 is 1.07 bits per heavy atom. The monoisotopic (exact) mass is 409 g/mol. The van der Waals surface area contributed by atoms with E-state index in [2.05, 4.69) is 21.8 Å². The van der Waals surface area contributed by atoms with Gasteiger partial charge >= 0.3 is 0 Å². The van der Waals surface area contributed by atoms with E-state index in [4.69, 9.17) is 0 Å². The van der Waals surface area contributed by atoms with E-state index < -0.39 is 0 Å². The molecule has 29 heavy (non-hydrogen) atoms. The zero-order chi connectivity index (χ0) is 19.5. The van der Waals surface area contributed by atoms with E-state index in [0.717, 1.165) is 54.1 Å². The molecule has 0 spiro atoms. The molecule has 4 rings (SSSR count). The maximum Gasteiger partial charge on any atom is 0.259 e. The molecule has 1 fully saturated rings. The average Bonchev–Trinajstić information content (AvgIpc) is 3.14. The third-order valence-electron chi connectivity index (χ3n) is 5.26. The first-order valence-electron chi connectivity index (χ1n) is 9.85. The van der Waals surface area contributed by atoms with Gasteiger partial charge in [0.05, 0.1) is 23.1 Å². The third kappa shape index (κ3) is 4.69. The van der Waals surface area contributed by atoms with Crippen LogP contribution in [0.25, 0.3) is 5.69 Å². The summed E-state index contributed by atoms with van der Waals surface area (Å²) < 4.78 is 1.94. The minimum absolute atomic E-state index is 0. The van der Waals surface area contributed by atoms with Gasteiger partial charge in [0.2, 0.25) is 0 Å². The predicted octanol–water partition coefficient (Wildman–Crippen LogP) is 1.21. The van der Waals surface area contributed by atoms with Crippen LogP contribution in [0.4, 0.5) is 5.69 Å². The Hall–Kier alpha value is -2.63. The number of halogens is 1.